The molecule has 0 unspecified atom stereocenters. The predicted octanol–water partition coefficient (Wildman–Crippen LogP) is 3.02. The van der Waals surface area contributed by atoms with Gasteiger partial charge in [0, 0.05) is 32.3 Å². The topological polar surface area (TPSA) is 43.4 Å². The summed E-state index contributed by atoms with van der Waals surface area (Å²) in [6, 6.07) is 3.98. The molecule has 0 amide bonds. The average Bonchev–Trinajstić information content (AvgIpc) is 2.40. The zero-order valence-corrected chi connectivity index (χ0v) is 13.4. The quantitative estimate of drug-likeness (QED) is 0.755. The smallest absolute Gasteiger partial charge is 0.213 e. The molecular formula is C16H28N2O2. The molecule has 0 aliphatic heterocycles. The number of methoxy groups -OCH3 is 1. The monoisotopic (exact) mass is 280 g/mol. The molecule has 1 rings (SSSR count). The van der Waals surface area contributed by atoms with Crippen LogP contribution in [0.5, 0.6) is 5.88 Å². The van der Waals surface area contributed by atoms with Crippen molar-refractivity contribution >= 4 is 0 Å². The lowest BCUT2D eigenvalue weighted by atomic mass is 10.1. The molecule has 114 valence electrons. The van der Waals surface area contributed by atoms with Gasteiger partial charge in [-0.05, 0) is 31.9 Å². The fourth-order valence-electron chi connectivity index (χ4n) is 1.61. The second-order valence-electron chi connectivity index (χ2n) is 6.09. The highest BCUT2D eigenvalue weighted by molar-refractivity contribution is 5.17. The number of ether oxygens (including phenoxy) is 2. The van der Waals surface area contributed by atoms with Gasteiger partial charge in [-0.3, -0.25) is 0 Å². The maximum Gasteiger partial charge on any atom is 0.213 e. The van der Waals surface area contributed by atoms with Gasteiger partial charge < -0.3 is 14.8 Å². The maximum atomic E-state index is 5.63. The van der Waals surface area contributed by atoms with Crippen molar-refractivity contribution in [3.05, 3.63) is 23.9 Å². The molecule has 4 nitrogen and oxygen atoms in total. The zero-order chi connectivity index (χ0) is 15.0. The van der Waals surface area contributed by atoms with Gasteiger partial charge in [0.15, 0.2) is 0 Å². The second-order valence-corrected chi connectivity index (χ2v) is 6.09. The molecular weight excluding hydrogens is 252 g/mol. The van der Waals surface area contributed by atoms with Crippen LogP contribution in [0.3, 0.4) is 0 Å². The van der Waals surface area contributed by atoms with Gasteiger partial charge in [-0.1, -0.05) is 19.9 Å². The Morgan fingerprint density at radius 2 is 2.05 bits per heavy atom. The van der Waals surface area contributed by atoms with Crippen molar-refractivity contribution < 1.29 is 9.47 Å². The van der Waals surface area contributed by atoms with Crippen LogP contribution >= 0.6 is 0 Å². The van der Waals surface area contributed by atoms with Gasteiger partial charge in [-0.25, -0.2) is 4.98 Å². The van der Waals surface area contributed by atoms with Crippen LogP contribution in [-0.2, 0) is 11.3 Å². The third kappa shape index (κ3) is 6.87. The number of nitrogens with zero attached hydrogens (tertiary/aromatic N) is 1. The first-order chi connectivity index (χ1) is 9.43. The molecule has 0 radical (unpaired) electrons. The Labute approximate surface area is 122 Å². The van der Waals surface area contributed by atoms with Gasteiger partial charge in [0.05, 0.1) is 12.2 Å². The van der Waals surface area contributed by atoms with Crippen molar-refractivity contribution in [1.29, 1.82) is 0 Å². The molecule has 0 bridgehead atoms. The summed E-state index contributed by atoms with van der Waals surface area (Å²) in [7, 11) is 1.72. The first-order valence-corrected chi connectivity index (χ1v) is 7.26. The Kier molecular flexibility index (Phi) is 6.96. The van der Waals surface area contributed by atoms with Crippen LogP contribution in [0, 0.1) is 5.92 Å². The van der Waals surface area contributed by atoms with E-state index in [1.54, 1.807) is 7.11 Å². The molecule has 20 heavy (non-hydrogen) atoms. The lowest BCUT2D eigenvalue weighted by Gasteiger charge is -2.22. The summed E-state index contributed by atoms with van der Waals surface area (Å²) in [6.45, 7) is 11.0. The van der Waals surface area contributed by atoms with Crippen molar-refractivity contribution in [2.24, 2.45) is 5.92 Å². The fourth-order valence-corrected chi connectivity index (χ4v) is 1.61. The van der Waals surface area contributed by atoms with Crippen molar-refractivity contribution in [1.82, 2.24) is 10.3 Å². The molecule has 0 aliphatic rings. The fraction of sp³-hybridized carbons (Fsp3) is 0.688. The Morgan fingerprint density at radius 3 is 2.60 bits per heavy atom. The number of hydrogen-bond acceptors (Lipinski definition) is 4. The normalized spacial score (nSPS) is 11.9. The zero-order valence-electron chi connectivity index (χ0n) is 13.4. The molecule has 1 heterocycles. The number of hydrogen-bond donors (Lipinski definition) is 1. The van der Waals surface area contributed by atoms with E-state index in [-0.39, 0.29) is 5.60 Å². The molecule has 0 atom stereocenters. The van der Waals surface area contributed by atoms with Crippen LogP contribution < -0.4 is 10.1 Å². The van der Waals surface area contributed by atoms with E-state index in [0.29, 0.717) is 18.4 Å². The lowest BCUT2D eigenvalue weighted by molar-refractivity contribution is 0.00508. The van der Waals surface area contributed by atoms with E-state index in [9.17, 15) is 0 Å². The summed E-state index contributed by atoms with van der Waals surface area (Å²) < 4.78 is 11.0. The number of aromatic nitrogens is 1. The van der Waals surface area contributed by atoms with E-state index in [0.717, 1.165) is 19.5 Å². The molecule has 0 saturated carbocycles. The Bertz CT molecular complexity index is 375. The molecule has 0 aliphatic carbocycles. The minimum absolute atomic E-state index is 0.152. The third-order valence-corrected chi connectivity index (χ3v) is 3.19. The highest BCUT2D eigenvalue weighted by atomic mass is 16.5. The summed E-state index contributed by atoms with van der Waals surface area (Å²) in [4.78, 5) is 4.32. The minimum atomic E-state index is -0.152. The van der Waals surface area contributed by atoms with Gasteiger partial charge in [-0.2, -0.15) is 0 Å². The van der Waals surface area contributed by atoms with Crippen LogP contribution in [0.15, 0.2) is 18.3 Å². The van der Waals surface area contributed by atoms with Gasteiger partial charge in [0.25, 0.3) is 0 Å². The van der Waals surface area contributed by atoms with E-state index >= 15 is 0 Å². The first kappa shape index (κ1) is 16.9. The number of rotatable bonds is 9. The Hall–Kier alpha value is -1.13. The highest BCUT2D eigenvalue weighted by Crippen LogP contribution is 2.14. The lowest BCUT2D eigenvalue weighted by Crippen LogP contribution is -2.25. The summed E-state index contributed by atoms with van der Waals surface area (Å²) >= 11 is 0. The van der Waals surface area contributed by atoms with E-state index in [2.05, 4.69) is 30.2 Å². The largest absolute Gasteiger partial charge is 0.478 e. The molecule has 0 fully saturated rings. The van der Waals surface area contributed by atoms with Crippen molar-refractivity contribution in [2.75, 3.05) is 20.3 Å². The standard InChI is InChI=1S/C16H28N2O2/c1-13(2)10-17-11-14-6-7-15(18-12-14)20-9-8-16(3,4)19-5/h6-7,12-13,17H,8-11H2,1-5H3. The second kappa shape index (κ2) is 8.22. The summed E-state index contributed by atoms with van der Waals surface area (Å²) in [5.41, 5.74) is 1.02. The number of pyridine rings is 1. The number of nitrogens with one attached hydrogen (secondary N) is 1. The van der Waals surface area contributed by atoms with Gasteiger partial charge >= 0.3 is 0 Å². The van der Waals surface area contributed by atoms with Gasteiger partial charge in [0.1, 0.15) is 0 Å². The Balaban J connectivity index is 2.31. The molecule has 0 spiro atoms. The van der Waals surface area contributed by atoms with Crippen molar-refractivity contribution in [3.8, 4) is 5.88 Å². The van der Waals surface area contributed by atoms with E-state index in [1.165, 1.54) is 5.56 Å². The summed E-state index contributed by atoms with van der Waals surface area (Å²) in [6.07, 6.45) is 2.70. The molecule has 1 aromatic heterocycles. The molecule has 0 saturated heterocycles. The van der Waals surface area contributed by atoms with Gasteiger partial charge in [0.2, 0.25) is 5.88 Å². The van der Waals surface area contributed by atoms with Crippen LogP contribution in [0.2, 0.25) is 0 Å². The van der Waals surface area contributed by atoms with E-state index < -0.39 is 0 Å². The molecule has 1 N–H and O–H groups in total. The predicted molar refractivity (Wildman–Crippen MR) is 82.0 cm³/mol. The first-order valence-electron chi connectivity index (χ1n) is 7.26. The van der Waals surface area contributed by atoms with E-state index in [4.69, 9.17) is 9.47 Å². The summed E-state index contributed by atoms with van der Waals surface area (Å²) in [5.74, 6) is 1.33. The Morgan fingerprint density at radius 1 is 1.30 bits per heavy atom. The van der Waals surface area contributed by atoms with Crippen LogP contribution in [-0.4, -0.2) is 30.8 Å². The third-order valence-electron chi connectivity index (χ3n) is 3.19. The van der Waals surface area contributed by atoms with Crippen LogP contribution in [0.25, 0.3) is 0 Å². The van der Waals surface area contributed by atoms with Crippen LogP contribution in [0.1, 0.15) is 39.7 Å². The summed E-state index contributed by atoms with van der Waals surface area (Å²) in [5, 5.41) is 3.39. The molecule has 0 aromatic carbocycles. The molecule has 4 heteroatoms. The molecule has 1 aromatic rings. The minimum Gasteiger partial charge on any atom is -0.478 e. The SMILES string of the molecule is COC(C)(C)CCOc1ccc(CNCC(C)C)cn1. The average molecular weight is 280 g/mol. The maximum absolute atomic E-state index is 5.63. The van der Waals surface area contributed by atoms with E-state index in [1.807, 2.05) is 26.1 Å². The van der Waals surface area contributed by atoms with Gasteiger partial charge in [-0.15, -0.1) is 0 Å². The van der Waals surface area contributed by atoms with Crippen molar-refractivity contribution in [2.45, 2.75) is 46.3 Å². The van der Waals surface area contributed by atoms with Crippen LogP contribution in [0.4, 0.5) is 0 Å². The highest BCUT2D eigenvalue weighted by Gasteiger charge is 2.16. The van der Waals surface area contributed by atoms with Crippen molar-refractivity contribution in [3.63, 3.8) is 0 Å².